The van der Waals surface area contributed by atoms with Crippen LogP contribution in [-0.2, 0) is 14.3 Å². The van der Waals surface area contributed by atoms with Crippen molar-refractivity contribution in [1.82, 2.24) is 10.3 Å². The van der Waals surface area contributed by atoms with Crippen LogP contribution in [0.4, 0.5) is 11.4 Å². The smallest absolute Gasteiger partial charge is 0.325 e. The third-order valence-electron chi connectivity index (χ3n) is 6.07. The summed E-state index contributed by atoms with van der Waals surface area (Å²) in [6.07, 6.45) is 0. The standard InChI is InChI=1S/C29H25ClN4O6/c1-3-40-25(35)17-31-28(36)26(23-16-20-6-4-5-7-24(20)32-27(23)30)33(21-12-14-22(15-13-21)34(38)39)29(37)19-10-8-18(2)9-11-19/h4-16,26H,3,17H2,1-2H3,(H,31,36). The molecule has 0 saturated carbocycles. The van der Waals surface area contributed by atoms with Gasteiger partial charge in [0.2, 0.25) is 5.91 Å². The first kappa shape index (κ1) is 28.2. The van der Waals surface area contributed by atoms with Gasteiger partial charge in [-0.25, -0.2) is 4.98 Å². The summed E-state index contributed by atoms with van der Waals surface area (Å²) in [5, 5.41) is 14.5. The van der Waals surface area contributed by atoms with Crippen LogP contribution in [0.2, 0.25) is 5.15 Å². The first-order valence-electron chi connectivity index (χ1n) is 12.3. The number of esters is 1. The van der Waals surface area contributed by atoms with Crippen molar-refractivity contribution in [1.29, 1.82) is 0 Å². The Hall–Kier alpha value is -4.83. The average molecular weight is 561 g/mol. The average Bonchev–Trinajstić information content (AvgIpc) is 2.95. The molecular formula is C29H25ClN4O6. The molecular weight excluding hydrogens is 536 g/mol. The minimum atomic E-state index is -1.41. The highest BCUT2D eigenvalue weighted by Gasteiger charge is 2.36. The fourth-order valence-electron chi connectivity index (χ4n) is 4.12. The Balaban J connectivity index is 1.90. The molecule has 0 fully saturated rings. The van der Waals surface area contributed by atoms with Gasteiger partial charge in [-0.1, -0.05) is 47.5 Å². The molecule has 10 nitrogen and oxygen atoms in total. The number of nitrogens with one attached hydrogen (secondary N) is 1. The van der Waals surface area contributed by atoms with Gasteiger partial charge >= 0.3 is 5.97 Å². The Morgan fingerprint density at radius 1 is 1.05 bits per heavy atom. The summed E-state index contributed by atoms with van der Waals surface area (Å²) in [7, 11) is 0. The molecule has 0 aliphatic carbocycles. The maximum absolute atomic E-state index is 14.1. The number of non-ortho nitro benzene ring substituents is 1. The molecule has 1 atom stereocenters. The SMILES string of the molecule is CCOC(=O)CNC(=O)C(c1cc2ccccc2nc1Cl)N(C(=O)c1ccc(C)cc1)c1ccc([N+](=O)[O-])cc1. The van der Waals surface area contributed by atoms with E-state index in [9.17, 15) is 24.5 Å². The number of fused-ring (bicyclic) bond motifs is 1. The molecule has 1 unspecified atom stereocenters. The van der Waals surface area contributed by atoms with Crippen LogP contribution >= 0.6 is 11.6 Å². The van der Waals surface area contributed by atoms with Gasteiger partial charge in [-0.3, -0.25) is 29.4 Å². The number of benzene rings is 3. The van der Waals surface area contributed by atoms with Crippen molar-refractivity contribution in [3.05, 3.63) is 111 Å². The van der Waals surface area contributed by atoms with Crippen molar-refractivity contribution in [2.45, 2.75) is 19.9 Å². The first-order chi connectivity index (χ1) is 19.2. The maximum atomic E-state index is 14.1. The summed E-state index contributed by atoms with van der Waals surface area (Å²) in [6, 6.07) is 19.3. The summed E-state index contributed by atoms with van der Waals surface area (Å²) in [4.78, 5) is 56.3. The zero-order valence-corrected chi connectivity index (χ0v) is 22.4. The van der Waals surface area contributed by atoms with Crippen LogP contribution < -0.4 is 10.2 Å². The number of carbonyl (C=O) groups is 3. The van der Waals surface area contributed by atoms with Crippen molar-refractivity contribution in [3.63, 3.8) is 0 Å². The second-order valence-electron chi connectivity index (χ2n) is 8.80. The number of halogens is 1. The van der Waals surface area contributed by atoms with Gasteiger partial charge in [0, 0.05) is 34.3 Å². The molecule has 4 aromatic rings. The Morgan fingerprint density at radius 2 is 1.73 bits per heavy atom. The van der Waals surface area contributed by atoms with E-state index in [2.05, 4.69) is 10.3 Å². The molecule has 1 heterocycles. The largest absolute Gasteiger partial charge is 0.465 e. The Kier molecular flexibility index (Phi) is 8.70. The van der Waals surface area contributed by atoms with Gasteiger partial charge in [0.05, 0.1) is 17.0 Å². The fraction of sp³-hybridized carbons (Fsp3) is 0.172. The highest BCUT2D eigenvalue weighted by molar-refractivity contribution is 6.31. The van der Waals surface area contributed by atoms with Crippen LogP contribution in [0, 0.1) is 17.0 Å². The molecule has 1 N–H and O–H groups in total. The van der Waals surface area contributed by atoms with Crippen molar-refractivity contribution < 1.29 is 24.0 Å². The molecule has 3 aromatic carbocycles. The van der Waals surface area contributed by atoms with E-state index < -0.39 is 35.3 Å². The van der Waals surface area contributed by atoms with Crippen LogP contribution in [0.3, 0.4) is 0 Å². The van der Waals surface area contributed by atoms with Crippen molar-refractivity contribution in [2.24, 2.45) is 0 Å². The number of anilines is 1. The quantitative estimate of drug-likeness (QED) is 0.129. The molecule has 0 spiro atoms. The van der Waals surface area contributed by atoms with E-state index in [0.29, 0.717) is 10.9 Å². The number of nitrogens with zero attached hydrogens (tertiary/aromatic N) is 3. The van der Waals surface area contributed by atoms with Gasteiger partial charge in [0.15, 0.2) is 0 Å². The molecule has 11 heteroatoms. The van der Waals surface area contributed by atoms with E-state index in [4.69, 9.17) is 16.3 Å². The lowest BCUT2D eigenvalue weighted by Crippen LogP contribution is -2.45. The number of rotatable bonds is 9. The number of hydrogen-bond donors (Lipinski definition) is 1. The second kappa shape index (κ2) is 12.4. The summed E-state index contributed by atoms with van der Waals surface area (Å²) in [6.45, 7) is 3.18. The summed E-state index contributed by atoms with van der Waals surface area (Å²) in [5.41, 5.74) is 1.95. The Morgan fingerprint density at radius 3 is 2.38 bits per heavy atom. The van der Waals surface area contributed by atoms with Gasteiger partial charge in [-0.2, -0.15) is 0 Å². The van der Waals surface area contributed by atoms with E-state index in [0.717, 1.165) is 5.56 Å². The molecule has 40 heavy (non-hydrogen) atoms. The van der Waals surface area contributed by atoms with E-state index in [-0.39, 0.29) is 34.3 Å². The van der Waals surface area contributed by atoms with Gasteiger partial charge in [0.1, 0.15) is 17.7 Å². The lowest BCUT2D eigenvalue weighted by molar-refractivity contribution is -0.384. The molecule has 0 radical (unpaired) electrons. The highest BCUT2D eigenvalue weighted by atomic mass is 35.5. The number of nitro groups is 1. The number of pyridine rings is 1. The maximum Gasteiger partial charge on any atom is 0.325 e. The number of aromatic nitrogens is 1. The molecule has 0 saturated heterocycles. The zero-order valence-electron chi connectivity index (χ0n) is 21.7. The van der Waals surface area contributed by atoms with Crippen molar-refractivity contribution in [3.8, 4) is 0 Å². The minimum Gasteiger partial charge on any atom is -0.465 e. The molecule has 4 rings (SSSR count). The van der Waals surface area contributed by atoms with Crippen LogP contribution in [0.25, 0.3) is 10.9 Å². The summed E-state index contributed by atoms with van der Waals surface area (Å²) >= 11 is 6.61. The van der Waals surface area contributed by atoms with Gasteiger partial charge in [0.25, 0.3) is 11.6 Å². The topological polar surface area (TPSA) is 132 Å². The Bertz CT molecular complexity index is 1570. The third-order valence-corrected chi connectivity index (χ3v) is 6.38. The zero-order chi connectivity index (χ0) is 28.8. The second-order valence-corrected chi connectivity index (χ2v) is 9.16. The highest BCUT2D eigenvalue weighted by Crippen LogP contribution is 2.35. The summed E-state index contributed by atoms with van der Waals surface area (Å²) < 4.78 is 4.93. The monoisotopic (exact) mass is 560 g/mol. The number of carbonyl (C=O) groups excluding carboxylic acids is 3. The Labute approximate surface area is 234 Å². The molecule has 0 aliphatic rings. The lowest BCUT2D eigenvalue weighted by atomic mass is 10.0. The number of nitro benzene ring substituents is 1. The van der Waals surface area contributed by atoms with E-state index in [1.54, 1.807) is 61.5 Å². The first-order valence-corrected chi connectivity index (χ1v) is 12.7. The van der Waals surface area contributed by atoms with Crippen molar-refractivity contribution in [2.75, 3.05) is 18.1 Å². The van der Waals surface area contributed by atoms with E-state index >= 15 is 0 Å². The van der Waals surface area contributed by atoms with Crippen LogP contribution in [-0.4, -0.2) is 40.8 Å². The van der Waals surface area contributed by atoms with Gasteiger partial charge in [-0.15, -0.1) is 0 Å². The number of aryl methyl sites for hydroxylation is 1. The number of para-hydroxylation sites is 1. The van der Waals surface area contributed by atoms with E-state index in [1.165, 1.54) is 29.2 Å². The van der Waals surface area contributed by atoms with Crippen LogP contribution in [0.15, 0.2) is 78.9 Å². The fourth-order valence-corrected chi connectivity index (χ4v) is 4.37. The molecule has 0 bridgehead atoms. The molecule has 204 valence electrons. The predicted molar refractivity (Wildman–Crippen MR) is 150 cm³/mol. The lowest BCUT2D eigenvalue weighted by Gasteiger charge is -2.32. The van der Waals surface area contributed by atoms with Crippen LogP contribution in [0.5, 0.6) is 0 Å². The number of ether oxygens (including phenoxy) is 1. The number of hydrogen-bond acceptors (Lipinski definition) is 7. The van der Waals surface area contributed by atoms with Crippen molar-refractivity contribution >= 4 is 51.7 Å². The normalized spacial score (nSPS) is 11.5. The van der Waals surface area contributed by atoms with Crippen LogP contribution in [0.1, 0.15) is 34.5 Å². The minimum absolute atomic E-state index is 0.0291. The van der Waals surface area contributed by atoms with Gasteiger partial charge in [-0.05, 0) is 50.2 Å². The summed E-state index contributed by atoms with van der Waals surface area (Å²) in [5.74, 6) is -1.97. The van der Waals surface area contributed by atoms with E-state index in [1.807, 2.05) is 6.92 Å². The predicted octanol–water partition coefficient (Wildman–Crippen LogP) is 5.17. The van der Waals surface area contributed by atoms with Gasteiger partial charge < -0.3 is 10.1 Å². The molecule has 0 aliphatic heterocycles. The molecule has 1 aromatic heterocycles. The number of amides is 2. The third kappa shape index (κ3) is 6.24. The molecule has 2 amide bonds.